The predicted octanol–water partition coefficient (Wildman–Crippen LogP) is 2.93. The molecule has 2 heterocycles. The standard InChI is InChI=1S/C14H15BrN2O2S2/c1-16-7-12-6-13(14(15)20-12)21(18,19)17-8-10-4-2-3-5-11(10)9-17/h2-6,16H,7-9H2,1H3. The molecule has 4 nitrogen and oxygen atoms in total. The van der Waals surface area contributed by atoms with Crippen molar-refractivity contribution in [1.82, 2.24) is 9.62 Å². The van der Waals surface area contributed by atoms with Gasteiger partial charge in [0.15, 0.2) is 0 Å². The summed E-state index contributed by atoms with van der Waals surface area (Å²) in [6, 6.07) is 9.62. The fourth-order valence-electron chi connectivity index (χ4n) is 2.45. The van der Waals surface area contributed by atoms with Crippen molar-refractivity contribution in [2.75, 3.05) is 7.05 Å². The van der Waals surface area contributed by atoms with Gasteiger partial charge < -0.3 is 5.32 Å². The van der Waals surface area contributed by atoms with E-state index in [4.69, 9.17) is 0 Å². The van der Waals surface area contributed by atoms with E-state index in [1.807, 2.05) is 31.3 Å². The molecule has 0 atom stereocenters. The van der Waals surface area contributed by atoms with E-state index in [1.54, 1.807) is 6.07 Å². The smallest absolute Gasteiger partial charge is 0.245 e. The summed E-state index contributed by atoms with van der Waals surface area (Å²) < 4.78 is 27.9. The first-order valence-corrected chi connectivity index (χ1v) is 9.57. The molecular weight excluding hydrogens is 372 g/mol. The number of sulfonamides is 1. The number of nitrogens with zero attached hydrogens (tertiary/aromatic N) is 1. The predicted molar refractivity (Wildman–Crippen MR) is 87.7 cm³/mol. The molecule has 21 heavy (non-hydrogen) atoms. The van der Waals surface area contributed by atoms with Crippen LogP contribution in [0.25, 0.3) is 0 Å². The highest BCUT2D eigenvalue weighted by Crippen LogP contribution is 2.36. The lowest BCUT2D eigenvalue weighted by molar-refractivity contribution is 0.431. The summed E-state index contributed by atoms with van der Waals surface area (Å²) in [5, 5.41) is 3.04. The molecule has 1 aromatic heterocycles. The van der Waals surface area contributed by atoms with Crippen molar-refractivity contribution in [1.29, 1.82) is 0 Å². The summed E-state index contributed by atoms with van der Waals surface area (Å²) in [6.45, 7) is 1.56. The SMILES string of the molecule is CNCc1cc(S(=O)(=O)N2Cc3ccccc3C2)c(Br)s1. The number of benzene rings is 1. The van der Waals surface area contributed by atoms with Gasteiger partial charge in [0, 0.05) is 24.5 Å². The fraction of sp³-hybridized carbons (Fsp3) is 0.286. The zero-order chi connectivity index (χ0) is 15.0. The van der Waals surface area contributed by atoms with E-state index in [1.165, 1.54) is 15.6 Å². The van der Waals surface area contributed by atoms with Gasteiger partial charge in [-0.1, -0.05) is 24.3 Å². The number of hydrogen-bond acceptors (Lipinski definition) is 4. The van der Waals surface area contributed by atoms with Gasteiger partial charge in [-0.2, -0.15) is 4.31 Å². The Morgan fingerprint density at radius 2 is 1.90 bits per heavy atom. The molecule has 0 amide bonds. The summed E-state index contributed by atoms with van der Waals surface area (Å²) in [5.41, 5.74) is 2.17. The highest BCUT2D eigenvalue weighted by molar-refractivity contribution is 9.11. The van der Waals surface area contributed by atoms with Crippen molar-refractivity contribution in [2.24, 2.45) is 0 Å². The van der Waals surface area contributed by atoms with Crippen LogP contribution in [0.2, 0.25) is 0 Å². The van der Waals surface area contributed by atoms with E-state index in [2.05, 4.69) is 21.2 Å². The van der Waals surface area contributed by atoms with Gasteiger partial charge in [0.2, 0.25) is 10.0 Å². The summed E-state index contributed by atoms with van der Waals surface area (Å²) >= 11 is 4.85. The number of nitrogens with one attached hydrogen (secondary N) is 1. The van der Waals surface area contributed by atoms with Crippen LogP contribution in [0, 0.1) is 0 Å². The van der Waals surface area contributed by atoms with Crippen LogP contribution < -0.4 is 5.32 Å². The van der Waals surface area contributed by atoms with Crippen LogP contribution in [0.15, 0.2) is 39.0 Å². The lowest BCUT2D eigenvalue weighted by Crippen LogP contribution is -2.25. The van der Waals surface area contributed by atoms with Gasteiger partial charge in [-0.25, -0.2) is 8.42 Å². The van der Waals surface area contributed by atoms with Crippen molar-refractivity contribution >= 4 is 37.3 Å². The maximum atomic E-state index is 12.8. The highest BCUT2D eigenvalue weighted by Gasteiger charge is 2.32. The maximum Gasteiger partial charge on any atom is 0.245 e. The van der Waals surface area contributed by atoms with E-state index in [-0.39, 0.29) is 0 Å². The normalized spacial score (nSPS) is 15.3. The lowest BCUT2D eigenvalue weighted by atomic mass is 10.1. The molecule has 2 aromatic rings. The summed E-state index contributed by atoms with van der Waals surface area (Å²) in [6.07, 6.45) is 0. The highest BCUT2D eigenvalue weighted by atomic mass is 79.9. The molecule has 3 rings (SSSR count). The molecule has 0 saturated heterocycles. The van der Waals surface area contributed by atoms with Gasteiger partial charge >= 0.3 is 0 Å². The molecule has 112 valence electrons. The van der Waals surface area contributed by atoms with Gasteiger partial charge in [0.1, 0.15) is 4.90 Å². The number of thiophene rings is 1. The van der Waals surface area contributed by atoms with Crippen LogP contribution in [0.5, 0.6) is 0 Å². The van der Waals surface area contributed by atoms with Crippen molar-refractivity contribution in [3.63, 3.8) is 0 Å². The third-order valence-electron chi connectivity index (χ3n) is 3.49. The Bertz CT molecular complexity index is 746. The topological polar surface area (TPSA) is 49.4 Å². The molecule has 0 unspecified atom stereocenters. The number of halogens is 1. The van der Waals surface area contributed by atoms with Gasteiger partial charge in [0.25, 0.3) is 0 Å². The van der Waals surface area contributed by atoms with Crippen molar-refractivity contribution in [3.05, 3.63) is 50.1 Å². The number of fused-ring (bicyclic) bond motifs is 1. The van der Waals surface area contributed by atoms with Gasteiger partial charge in [0.05, 0.1) is 3.79 Å². The molecule has 1 aliphatic heterocycles. The lowest BCUT2D eigenvalue weighted by Gasteiger charge is -2.14. The second kappa shape index (κ2) is 5.81. The Labute approximate surface area is 137 Å². The van der Waals surface area contributed by atoms with Crippen LogP contribution in [0.4, 0.5) is 0 Å². The van der Waals surface area contributed by atoms with Crippen LogP contribution in [0.1, 0.15) is 16.0 Å². The van der Waals surface area contributed by atoms with Crippen LogP contribution >= 0.6 is 27.3 Å². The molecule has 1 N–H and O–H groups in total. The molecule has 0 radical (unpaired) electrons. The molecule has 0 aliphatic carbocycles. The minimum atomic E-state index is -3.47. The molecule has 0 bridgehead atoms. The summed E-state index contributed by atoms with van der Waals surface area (Å²) in [7, 11) is -1.62. The molecule has 0 saturated carbocycles. The van der Waals surface area contributed by atoms with E-state index < -0.39 is 10.0 Å². The minimum Gasteiger partial charge on any atom is -0.315 e. The van der Waals surface area contributed by atoms with E-state index in [0.717, 1.165) is 16.0 Å². The molecular formula is C14H15BrN2O2S2. The first kappa shape index (κ1) is 15.2. The Hall–Kier alpha value is -0.730. The van der Waals surface area contributed by atoms with Gasteiger partial charge in [-0.15, -0.1) is 11.3 Å². The average Bonchev–Trinajstić information content (AvgIpc) is 3.03. The molecule has 0 fully saturated rings. The fourth-order valence-corrected chi connectivity index (χ4v) is 6.49. The van der Waals surface area contributed by atoms with Crippen molar-refractivity contribution in [3.8, 4) is 0 Å². The van der Waals surface area contributed by atoms with Gasteiger partial charge in [-0.05, 0) is 40.2 Å². The Kier molecular flexibility index (Phi) is 4.20. The molecule has 1 aliphatic rings. The third-order valence-corrected chi connectivity index (χ3v) is 7.53. The van der Waals surface area contributed by atoms with E-state index in [0.29, 0.717) is 28.3 Å². The Balaban J connectivity index is 1.92. The quantitative estimate of drug-likeness (QED) is 0.878. The molecule has 7 heteroatoms. The average molecular weight is 387 g/mol. The van der Waals surface area contributed by atoms with E-state index in [9.17, 15) is 8.42 Å². The number of hydrogen-bond donors (Lipinski definition) is 1. The second-order valence-corrected chi connectivity index (χ2v) is 9.28. The first-order chi connectivity index (χ1) is 10.0. The Morgan fingerprint density at radius 1 is 1.29 bits per heavy atom. The van der Waals surface area contributed by atoms with Crippen LogP contribution in [-0.4, -0.2) is 19.8 Å². The first-order valence-electron chi connectivity index (χ1n) is 6.52. The van der Waals surface area contributed by atoms with E-state index >= 15 is 0 Å². The second-order valence-electron chi connectivity index (χ2n) is 4.92. The van der Waals surface area contributed by atoms with Crippen LogP contribution in [-0.2, 0) is 29.7 Å². The van der Waals surface area contributed by atoms with Crippen LogP contribution in [0.3, 0.4) is 0 Å². The molecule has 0 spiro atoms. The van der Waals surface area contributed by atoms with Gasteiger partial charge in [-0.3, -0.25) is 0 Å². The summed E-state index contributed by atoms with van der Waals surface area (Å²) in [5.74, 6) is 0. The third kappa shape index (κ3) is 2.80. The van der Waals surface area contributed by atoms with Crippen molar-refractivity contribution < 1.29 is 8.42 Å². The Morgan fingerprint density at radius 3 is 2.48 bits per heavy atom. The monoisotopic (exact) mass is 386 g/mol. The summed E-state index contributed by atoms with van der Waals surface area (Å²) in [4.78, 5) is 1.37. The largest absolute Gasteiger partial charge is 0.315 e. The zero-order valence-corrected chi connectivity index (χ0v) is 14.7. The van der Waals surface area contributed by atoms with Crippen molar-refractivity contribution in [2.45, 2.75) is 24.5 Å². The zero-order valence-electron chi connectivity index (χ0n) is 11.5. The maximum absolute atomic E-state index is 12.8. The number of rotatable bonds is 4. The molecule has 1 aromatic carbocycles. The minimum absolute atomic E-state index is 0.366.